The van der Waals surface area contributed by atoms with Crippen LogP contribution in [0, 0.1) is 6.92 Å². The van der Waals surface area contributed by atoms with Crippen molar-refractivity contribution in [3.05, 3.63) is 17.8 Å². The van der Waals surface area contributed by atoms with Crippen molar-refractivity contribution in [1.82, 2.24) is 10.3 Å². The van der Waals surface area contributed by atoms with E-state index in [1.807, 2.05) is 6.92 Å². The first kappa shape index (κ1) is 13.2. The largest absolute Gasteiger partial charge is 0.445 e. The number of rotatable bonds is 9. The van der Waals surface area contributed by atoms with Gasteiger partial charge in [-0.2, -0.15) is 0 Å². The maximum atomic E-state index is 5.39. The number of oxazole rings is 1. The third-order valence-electron chi connectivity index (χ3n) is 2.01. The van der Waals surface area contributed by atoms with Crippen LogP contribution in [0.1, 0.15) is 18.1 Å². The number of hydrogen-bond acceptors (Lipinski definition) is 5. The van der Waals surface area contributed by atoms with Gasteiger partial charge in [0.1, 0.15) is 5.76 Å². The third-order valence-corrected chi connectivity index (χ3v) is 2.01. The SMILES string of the molecule is COCCCOCCNCc1ncc(C)o1. The molecule has 0 radical (unpaired) electrons. The van der Waals surface area contributed by atoms with Gasteiger partial charge in [0, 0.05) is 26.9 Å². The smallest absolute Gasteiger partial charge is 0.208 e. The summed E-state index contributed by atoms with van der Waals surface area (Å²) >= 11 is 0. The van der Waals surface area contributed by atoms with Crippen molar-refractivity contribution in [2.45, 2.75) is 19.9 Å². The van der Waals surface area contributed by atoms with E-state index < -0.39 is 0 Å². The van der Waals surface area contributed by atoms with Gasteiger partial charge in [0.2, 0.25) is 5.89 Å². The van der Waals surface area contributed by atoms with Gasteiger partial charge in [0.05, 0.1) is 19.3 Å². The Hall–Kier alpha value is -0.910. The molecule has 0 bridgehead atoms. The summed E-state index contributed by atoms with van der Waals surface area (Å²) in [5.74, 6) is 1.56. The molecule has 0 amide bonds. The number of methoxy groups -OCH3 is 1. The molecule has 1 aromatic rings. The highest BCUT2D eigenvalue weighted by Gasteiger charge is 1.98. The van der Waals surface area contributed by atoms with Gasteiger partial charge in [-0.15, -0.1) is 0 Å². The van der Waals surface area contributed by atoms with Crippen LogP contribution in [0.3, 0.4) is 0 Å². The molecule has 1 rings (SSSR count). The van der Waals surface area contributed by atoms with E-state index in [1.54, 1.807) is 13.3 Å². The van der Waals surface area contributed by atoms with Crippen LogP contribution in [0.15, 0.2) is 10.6 Å². The lowest BCUT2D eigenvalue weighted by molar-refractivity contribution is 0.104. The van der Waals surface area contributed by atoms with Crippen LogP contribution in [0.25, 0.3) is 0 Å². The molecule has 0 fully saturated rings. The van der Waals surface area contributed by atoms with Gasteiger partial charge in [-0.1, -0.05) is 0 Å². The highest BCUT2D eigenvalue weighted by atomic mass is 16.5. The summed E-state index contributed by atoms with van der Waals surface area (Å²) in [6.07, 6.45) is 2.66. The minimum absolute atomic E-state index is 0.648. The van der Waals surface area contributed by atoms with Crippen molar-refractivity contribution in [3.63, 3.8) is 0 Å². The van der Waals surface area contributed by atoms with Crippen molar-refractivity contribution in [1.29, 1.82) is 0 Å². The molecule has 5 heteroatoms. The Bertz CT molecular complexity index is 276. The normalized spacial score (nSPS) is 10.9. The van der Waals surface area contributed by atoms with E-state index in [-0.39, 0.29) is 0 Å². The van der Waals surface area contributed by atoms with Crippen LogP contribution in [0.5, 0.6) is 0 Å². The lowest BCUT2D eigenvalue weighted by atomic mass is 10.5. The van der Waals surface area contributed by atoms with Crippen LogP contribution < -0.4 is 5.32 Å². The van der Waals surface area contributed by atoms with E-state index in [1.165, 1.54) is 0 Å². The number of aryl methyl sites for hydroxylation is 1. The second kappa shape index (κ2) is 8.27. The van der Waals surface area contributed by atoms with Crippen LogP contribution in [-0.2, 0) is 16.0 Å². The zero-order valence-corrected chi connectivity index (χ0v) is 9.99. The van der Waals surface area contributed by atoms with Crippen molar-refractivity contribution in [3.8, 4) is 0 Å². The molecule has 0 saturated heterocycles. The monoisotopic (exact) mass is 228 g/mol. The van der Waals surface area contributed by atoms with Crippen LogP contribution in [-0.4, -0.2) is 38.5 Å². The average molecular weight is 228 g/mol. The highest BCUT2D eigenvalue weighted by molar-refractivity contribution is 4.90. The lowest BCUT2D eigenvalue weighted by Crippen LogP contribution is -2.19. The fourth-order valence-corrected chi connectivity index (χ4v) is 1.23. The number of nitrogens with one attached hydrogen (secondary N) is 1. The fourth-order valence-electron chi connectivity index (χ4n) is 1.23. The molecule has 0 unspecified atom stereocenters. The maximum absolute atomic E-state index is 5.39. The van der Waals surface area contributed by atoms with Gasteiger partial charge < -0.3 is 19.2 Å². The molecular weight excluding hydrogens is 208 g/mol. The summed E-state index contributed by atoms with van der Waals surface area (Å²) < 4.78 is 15.6. The molecule has 1 aromatic heterocycles. The average Bonchev–Trinajstić information content (AvgIpc) is 2.68. The number of ether oxygens (including phenoxy) is 2. The summed E-state index contributed by atoms with van der Waals surface area (Å²) in [7, 11) is 1.69. The van der Waals surface area contributed by atoms with Crippen LogP contribution in [0.2, 0.25) is 0 Å². The number of aromatic nitrogens is 1. The Morgan fingerprint density at radius 2 is 2.25 bits per heavy atom. The van der Waals surface area contributed by atoms with E-state index in [4.69, 9.17) is 13.9 Å². The van der Waals surface area contributed by atoms with Crippen molar-refractivity contribution in [2.75, 3.05) is 33.5 Å². The quantitative estimate of drug-likeness (QED) is 0.642. The molecule has 1 heterocycles. The topological polar surface area (TPSA) is 56.5 Å². The van der Waals surface area contributed by atoms with Gasteiger partial charge in [0.25, 0.3) is 0 Å². The van der Waals surface area contributed by atoms with E-state index in [9.17, 15) is 0 Å². The minimum Gasteiger partial charge on any atom is -0.445 e. The fraction of sp³-hybridized carbons (Fsp3) is 0.727. The third kappa shape index (κ3) is 5.85. The highest BCUT2D eigenvalue weighted by Crippen LogP contribution is 1.99. The zero-order chi connectivity index (χ0) is 11.6. The second-order valence-electron chi connectivity index (χ2n) is 3.50. The molecule has 92 valence electrons. The van der Waals surface area contributed by atoms with Gasteiger partial charge in [-0.05, 0) is 13.3 Å². The van der Waals surface area contributed by atoms with Crippen LogP contribution in [0.4, 0.5) is 0 Å². The van der Waals surface area contributed by atoms with Gasteiger partial charge in [-0.3, -0.25) is 0 Å². The summed E-state index contributed by atoms with van der Waals surface area (Å²) in [6, 6.07) is 0. The Labute approximate surface area is 96.1 Å². The Morgan fingerprint density at radius 3 is 2.94 bits per heavy atom. The molecule has 0 atom stereocenters. The Kier molecular flexibility index (Phi) is 6.80. The lowest BCUT2D eigenvalue weighted by Gasteiger charge is -2.04. The van der Waals surface area contributed by atoms with Gasteiger partial charge >= 0.3 is 0 Å². The Morgan fingerprint density at radius 1 is 1.38 bits per heavy atom. The predicted octanol–water partition coefficient (Wildman–Crippen LogP) is 1.13. The van der Waals surface area contributed by atoms with E-state index in [0.29, 0.717) is 13.2 Å². The summed E-state index contributed by atoms with van der Waals surface area (Å²) in [5, 5.41) is 3.19. The van der Waals surface area contributed by atoms with E-state index in [2.05, 4.69) is 10.3 Å². The van der Waals surface area contributed by atoms with E-state index in [0.717, 1.165) is 37.8 Å². The predicted molar refractivity (Wildman–Crippen MR) is 60.3 cm³/mol. The van der Waals surface area contributed by atoms with Crippen molar-refractivity contribution in [2.24, 2.45) is 0 Å². The first-order valence-electron chi connectivity index (χ1n) is 5.51. The first-order chi connectivity index (χ1) is 7.83. The van der Waals surface area contributed by atoms with E-state index >= 15 is 0 Å². The number of nitrogens with zero attached hydrogens (tertiary/aromatic N) is 1. The molecule has 0 aliphatic rings. The maximum Gasteiger partial charge on any atom is 0.208 e. The summed E-state index contributed by atoms with van der Waals surface area (Å²) in [5.41, 5.74) is 0. The summed E-state index contributed by atoms with van der Waals surface area (Å²) in [4.78, 5) is 4.09. The Balaban J connectivity index is 1.88. The van der Waals surface area contributed by atoms with Crippen LogP contribution >= 0.6 is 0 Å². The molecule has 1 N–H and O–H groups in total. The molecule has 0 spiro atoms. The van der Waals surface area contributed by atoms with Gasteiger partial charge in [0.15, 0.2) is 0 Å². The minimum atomic E-state index is 0.648. The molecular formula is C11H20N2O3. The zero-order valence-electron chi connectivity index (χ0n) is 9.99. The molecule has 0 aromatic carbocycles. The van der Waals surface area contributed by atoms with Crippen molar-refractivity contribution >= 4 is 0 Å². The molecule has 0 aliphatic carbocycles. The number of hydrogen-bond donors (Lipinski definition) is 1. The standard InChI is InChI=1S/C11H20N2O3/c1-10-8-13-11(16-10)9-12-4-7-15-6-3-5-14-2/h8,12H,3-7,9H2,1-2H3. The van der Waals surface area contributed by atoms with Gasteiger partial charge in [-0.25, -0.2) is 4.98 Å². The first-order valence-corrected chi connectivity index (χ1v) is 5.51. The molecule has 5 nitrogen and oxygen atoms in total. The molecule has 16 heavy (non-hydrogen) atoms. The molecule has 0 aliphatic heterocycles. The summed E-state index contributed by atoms with van der Waals surface area (Å²) in [6.45, 7) is 5.53. The van der Waals surface area contributed by atoms with Crippen molar-refractivity contribution < 1.29 is 13.9 Å². The second-order valence-corrected chi connectivity index (χ2v) is 3.50. The molecule has 0 saturated carbocycles.